The Bertz CT molecular complexity index is 893. The standard InChI is InChI=1S/C19H22FN3OS/c1-23-15-4-2-3-14(20)16(15)25-18(23)22-21-17(24)19-8-11-5-12(9-19)7-13(6-11)10-19/h2-4,11-13H,5-10H2,1H3,(H,21,24)/b22-18-. The van der Waals surface area contributed by atoms with E-state index in [9.17, 15) is 9.18 Å². The molecule has 0 saturated heterocycles. The molecule has 4 bridgehead atoms. The predicted molar refractivity (Wildman–Crippen MR) is 95.1 cm³/mol. The summed E-state index contributed by atoms with van der Waals surface area (Å²) in [4.78, 5) is 13.6. The van der Waals surface area contributed by atoms with Gasteiger partial charge in [-0.05, 0) is 68.4 Å². The van der Waals surface area contributed by atoms with Gasteiger partial charge >= 0.3 is 0 Å². The molecule has 0 aliphatic heterocycles. The molecule has 4 aliphatic carbocycles. The Morgan fingerprint density at radius 3 is 2.48 bits per heavy atom. The van der Waals surface area contributed by atoms with Gasteiger partial charge in [0.05, 0.1) is 15.6 Å². The predicted octanol–water partition coefficient (Wildman–Crippen LogP) is 3.53. The summed E-state index contributed by atoms with van der Waals surface area (Å²) >= 11 is 1.28. The Morgan fingerprint density at radius 2 is 1.88 bits per heavy atom. The topological polar surface area (TPSA) is 46.4 Å². The summed E-state index contributed by atoms with van der Waals surface area (Å²) in [5.41, 5.74) is 3.42. The number of halogens is 1. The number of aromatic nitrogens is 1. The number of amides is 1. The van der Waals surface area contributed by atoms with E-state index in [-0.39, 0.29) is 17.1 Å². The first kappa shape index (κ1) is 15.6. The van der Waals surface area contributed by atoms with Gasteiger partial charge in [0.1, 0.15) is 5.82 Å². The second kappa shape index (κ2) is 5.40. The zero-order chi connectivity index (χ0) is 17.2. The van der Waals surface area contributed by atoms with Crippen LogP contribution in [0.15, 0.2) is 23.3 Å². The summed E-state index contributed by atoms with van der Waals surface area (Å²) in [5.74, 6) is 2.01. The number of nitrogens with zero attached hydrogens (tertiary/aromatic N) is 2. The van der Waals surface area contributed by atoms with Gasteiger partial charge in [-0.2, -0.15) is 0 Å². The van der Waals surface area contributed by atoms with Crippen LogP contribution >= 0.6 is 11.3 Å². The lowest BCUT2D eigenvalue weighted by Crippen LogP contribution is -2.53. The van der Waals surface area contributed by atoms with Gasteiger partial charge in [-0.15, -0.1) is 5.10 Å². The third kappa shape index (κ3) is 2.37. The molecule has 0 spiro atoms. The van der Waals surface area contributed by atoms with Gasteiger partial charge < -0.3 is 4.57 Å². The molecule has 1 N–H and O–H groups in total. The Kier molecular flexibility index (Phi) is 3.36. The molecule has 0 unspecified atom stereocenters. The Hall–Kier alpha value is -1.69. The van der Waals surface area contributed by atoms with Crippen molar-refractivity contribution in [2.45, 2.75) is 38.5 Å². The second-order valence-electron chi connectivity index (χ2n) is 8.28. The van der Waals surface area contributed by atoms with Gasteiger partial charge in [0, 0.05) is 7.05 Å². The van der Waals surface area contributed by atoms with Gasteiger partial charge in [-0.1, -0.05) is 17.4 Å². The van der Waals surface area contributed by atoms with Crippen LogP contribution in [0.4, 0.5) is 4.39 Å². The van der Waals surface area contributed by atoms with E-state index in [0.29, 0.717) is 9.50 Å². The maximum Gasteiger partial charge on any atom is 0.246 e. The van der Waals surface area contributed by atoms with E-state index in [4.69, 9.17) is 0 Å². The van der Waals surface area contributed by atoms with Crippen molar-refractivity contribution in [3.8, 4) is 0 Å². The van der Waals surface area contributed by atoms with E-state index < -0.39 is 0 Å². The maximum atomic E-state index is 14.0. The highest BCUT2D eigenvalue weighted by Crippen LogP contribution is 2.60. The smallest absolute Gasteiger partial charge is 0.246 e. The van der Waals surface area contributed by atoms with Crippen LogP contribution in [0.5, 0.6) is 0 Å². The maximum absolute atomic E-state index is 14.0. The summed E-state index contributed by atoms with van der Waals surface area (Å²) in [7, 11) is 1.86. The molecule has 4 nitrogen and oxygen atoms in total. The Morgan fingerprint density at radius 1 is 1.24 bits per heavy atom. The first-order valence-corrected chi connectivity index (χ1v) is 9.94. The lowest BCUT2D eigenvalue weighted by atomic mass is 9.49. The van der Waals surface area contributed by atoms with Crippen LogP contribution in [0.2, 0.25) is 0 Å². The molecule has 4 aliphatic rings. The van der Waals surface area contributed by atoms with Gasteiger partial charge in [-0.3, -0.25) is 4.79 Å². The van der Waals surface area contributed by atoms with E-state index in [1.54, 1.807) is 6.07 Å². The minimum Gasteiger partial charge on any atom is -0.318 e. The van der Waals surface area contributed by atoms with Crippen molar-refractivity contribution >= 4 is 27.5 Å². The fraction of sp³-hybridized carbons (Fsp3) is 0.579. The molecule has 25 heavy (non-hydrogen) atoms. The number of benzene rings is 1. The van der Waals surface area contributed by atoms with Crippen molar-refractivity contribution in [3.63, 3.8) is 0 Å². The molecular weight excluding hydrogens is 337 g/mol. The number of carbonyl (C=O) groups is 1. The zero-order valence-corrected chi connectivity index (χ0v) is 15.1. The number of carbonyl (C=O) groups excluding carboxylic acids is 1. The number of thiazole rings is 1. The first-order chi connectivity index (χ1) is 12.0. The first-order valence-electron chi connectivity index (χ1n) is 9.12. The van der Waals surface area contributed by atoms with E-state index in [1.807, 2.05) is 17.7 Å². The molecule has 1 heterocycles. The van der Waals surface area contributed by atoms with Crippen LogP contribution in [0.25, 0.3) is 10.2 Å². The molecule has 4 fully saturated rings. The average Bonchev–Trinajstić information content (AvgIpc) is 2.89. The monoisotopic (exact) mass is 359 g/mol. The molecule has 1 aromatic carbocycles. The van der Waals surface area contributed by atoms with Gasteiger partial charge in [0.25, 0.3) is 0 Å². The number of rotatable bonds is 2. The van der Waals surface area contributed by atoms with E-state index >= 15 is 0 Å². The van der Waals surface area contributed by atoms with E-state index in [2.05, 4.69) is 10.5 Å². The SMILES string of the molecule is Cn1/c(=N/NC(=O)C23CC4CC(CC(C4)C2)C3)sc2c(F)cccc21. The van der Waals surface area contributed by atoms with Crippen molar-refractivity contribution in [2.24, 2.45) is 35.3 Å². The number of hydrogen-bond donors (Lipinski definition) is 1. The molecule has 1 amide bonds. The van der Waals surface area contributed by atoms with E-state index in [1.165, 1.54) is 36.7 Å². The van der Waals surface area contributed by atoms with Crippen molar-refractivity contribution in [1.82, 2.24) is 9.99 Å². The van der Waals surface area contributed by atoms with Crippen molar-refractivity contribution in [2.75, 3.05) is 0 Å². The fourth-order valence-electron chi connectivity index (χ4n) is 5.83. The van der Waals surface area contributed by atoms with E-state index in [0.717, 1.165) is 42.5 Å². The van der Waals surface area contributed by atoms with Gasteiger partial charge in [0.2, 0.25) is 10.7 Å². The molecule has 0 radical (unpaired) electrons. The molecule has 2 aromatic rings. The van der Waals surface area contributed by atoms with Crippen LogP contribution in [-0.4, -0.2) is 10.5 Å². The zero-order valence-electron chi connectivity index (χ0n) is 14.3. The molecule has 6 heteroatoms. The quantitative estimate of drug-likeness (QED) is 0.819. The second-order valence-corrected chi connectivity index (χ2v) is 9.26. The third-order valence-corrected chi connectivity index (χ3v) is 7.72. The highest BCUT2D eigenvalue weighted by Gasteiger charge is 2.54. The summed E-state index contributed by atoms with van der Waals surface area (Å²) in [6, 6.07) is 5.02. The lowest BCUT2D eigenvalue weighted by Gasteiger charge is -2.55. The average molecular weight is 359 g/mol. The van der Waals surface area contributed by atoms with Crippen molar-refractivity contribution in [3.05, 3.63) is 28.8 Å². The molecule has 6 rings (SSSR count). The molecular formula is C19H22FN3OS. The van der Waals surface area contributed by atoms with Crippen LogP contribution in [0, 0.1) is 29.0 Å². The Labute approximate surface area is 149 Å². The number of fused-ring (bicyclic) bond motifs is 1. The van der Waals surface area contributed by atoms with Gasteiger partial charge in [-0.25, -0.2) is 9.82 Å². The normalized spacial score (nSPS) is 34.0. The Balaban J connectivity index is 1.45. The summed E-state index contributed by atoms with van der Waals surface area (Å²) in [5, 5.41) is 4.36. The fourth-order valence-corrected chi connectivity index (χ4v) is 6.81. The summed E-state index contributed by atoms with van der Waals surface area (Å²) in [6.45, 7) is 0. The molecule has 1 aromatic heterocycles. The molecule has 132 valence electrons. The largest absolute Gasteiger partial charge is 0.318 e. The number of aryl methyl sites for hydroxylation is 1. The highest BCUT2D eigenvalue weighted by atomic mass is 32.1. The van der Waals surface area contributed by atoms with Crippen LogP contribution < -0.4 is 10.2 Å². The number of hydrogen-bond acceptors (Lipinski definition) is 3. The summed E-state index contributed by atoms with van der Waals surface area (Å²) in [6.07, 6.45) is 7.01. The summed E-state index contributed by atoms with van der Waals surface area (Å²) < 4.78 is 16.4. The minimum absolute atomic E-state index is 0.0736. The van der Waals surface area contributed by atoms with Crippen molar-refractivity contribution < 1.29 is 9.18 Å². The third-order valence-electron chi connectivity index (χ3n) is 6.56. The number of nitrogens with one attached hydrogen (secondary N) is 1. The molecule has 4 saturated carbocycles. The van der Waals surface area contributed by atoms with Crippen LogP contribution in [0.3, 0.4) is 0 Å². The highest BCUT2D eigenvalue weighted by molar-refractivity contribution is 7.16. The van der Waals surface area contributed by atoms with Crippen molar-refractivity contribution in [1.29, 1.82) is 0 Å². The van der Waals surface area contributed by atoms with Crippen LogP contribution in [-0.2, 0) is 11.8 Å². The molecule has 0 atom stereocenters. The lowest BCUT2D eigenvalue weighted by molar-refractivity contribution is -0.146. The van der Waals surface area contributed by atoms with Crippen LogP contribution in [0.1, 0.15) is 38.5 Å². The van der Waals surface area contributed by atoms with Gasteiger partial charge in [0.15, 0.2) is 0 Å². The minimum atomic E-state index is -0.244.